The summed E-state index contributed by atoms with van der Waals surface area (Å²) in [7, 11) is 0. The highest BCUT2D eigenvalue weighted by atomic mass is 19.1. The van der Waals surface area contributed by atoms with E-state index < -0.39 is 10.7 Å². The molecule has 0 spiro atoms. The number of benzene rings is 1. The summed E-state index contributed by atoms with van der Waals surface area (Å²) in [5.41, 5.74) is 0.392. The van der Waals surface area contributed by atoms with Gasteiger partial charge in [0.05, 0.1) is 17.1 Å². The van der Waals surface area contributed by atoms with Gasteiger partial charge in [-0.2, -0.15) is 5.26 Å². The van der Waals surface area contributed by atoms with Crippen LogP contribution in [0.15, 0.2) is 18.2 Å². The maximum absolute atomic E-state index is 13.0. The van der Waals surface area contributed by atoms with E-state index in [0.29, 0.717) is 11.1 Å². The van der Waals surface area contributed by atoms with E-state index in [9.17, 15) is 14.5 Å². The number of rotatable bonds is 2. The van der Waals surface area contributed by atoms with Gasteiger partial charge < -0.3 is 0 Å². The Morgan fingerprint density at radius 2 is 2.27 bits per heavy atom. The van der Waals surface area contributed by atoms with Gasteiger partial charge in [0.15, 0.2) is 0 Å². The van der Waals surface area contributed by atoms with Gasteiger partial charge in [-0.3, -0.25) is 10.1 Å². The molecule has 0 radical (unpaired) electrons. The Bertz CT molecular complexity index is 475. The van der Waals surface area contributed by atoms with E-state index >= 15 is 0 Å². The predicted molar refractivity (Wildman–Crippen MR) is 52.4 cm³/mol. The summed E-state index contributed by atoms with van der Waals surface area (Å²) in [5, 5.41) is 18.9. The number of halogens is 1. The number of nitriles is 1. The van der Waals surface area contributed by atoms with Gasteiger partial charge >= 0.3 is 0 Å². The molecule has 1 aromatic rings. The average Bonchev–Trinajstić information content (AvgIpc) is 2.18. The van der Waals surface area contributed by atoms with Gasteiger partial charge in [-0.25, -0.2) is 4.39 Å². The first-order valence-electron chi connectivity index (χ1n) is 4.07. The maximum atomic E-state index is 13.0. The summed E-state index contributed by atoms with van der Waals surface area (Å²) in [6.07, 6.45) is 2.48. The fourth-order valence-corrected chi connectivity index (χ4v) is 1.18. The highest BCUT2D eigenvalue weighted by Crippen LogP contribution is 2.23. The Balaban J connectivity index is 3.36. The fourth-order valence-electron chi connectivity index (χ4n) is 1.18. The first kappa shape index (κ1) is 10.9. The smallest absolute Gasteiger partial charge is 0.258 e. The summed E-state index contributed by atoms with van der Waals surface area (Å²) in [5.74, 6) is -0.690. The van der Waals surface area contributed by atoms with Crippen LogP contribution in [0, 0.1) is 34.2 Å². The topological polar surface area (TPSA) is 66.9 Å². The molecule has 0 unspecified atom stereocenters. The molecule has 0 aliphatic rings. The van der Waals surface area contributed by atoms with Crippen molar-refractivity contribution in [1.82, 2.24) is 0 Å². The van der Waals surface area contributed by atoms with E-state index in [1.165, 1.54) is 13.0 Å². The molecule has 0 heterocycles. The van der Waals surface area contributed by atoms with E-state index in [1.54, 1.807) is 6.07 Å². The van der Waals surface area contributed by atoms with Crippen molar-refractivity contribution in [2.75, 3.05) is 0 Å². The van der Waals surface area contributed by atoms with Crippen LogP contribution in [-0.2, 0) is 0 Å². The first-order valence-corrected chi connectivity index (χ1v) is 4.07. The van der Waals surface area contributed by atoms with Gasteiger partial charge in [-0.1, -0.05) is 0 Å². The average molecular weight is 206 g/mol. The maximum Gasteiger partial charge on any atom is 0.275 e. The fraction of sp³-hybridized carbons (Fsp3) is 0.100. The van der Waals surface area contributed by atoms with Crippen LogP contribution in [0.25, 0.3) is 6.08 Å². The summed E-state index contributed by atoms with van der Waals surface area (Å²) < 4.78 is 13.0. The zero-order valence-corrected chi connectivity index (χ0v) is 7.90. The molecule has 0 bridgehead atoms. The molecule has 1 rings (SSSR count). The van der Waals surface area contributed by atoms with Crippen LogP contribution < -0.4 is 0 Å². The lowest BCUT2D eigenvalue weighted by Crippen LogP contribution is -1.95. The molecule has 0 N–H and O–H groups in total. The lowest BCUT2D eigenvalue weighted by molar-refractivity contribution is -0.385. The van der Waals surface area contributed by atoms with E-state index in [0.717, 1.165) is 18.2 Å². The molecule has 5 heteroatoms. The van der Waals surface area contributed by atoms with Gasteiger partial charge in [0.2, 0.25) is 0 Å². The van der Waals surface area contributed by atoms with Crippen molar-refractivity contribution in [3.63, 3.8) is 0 Å². The second-order valence-corrected chi connectivity index (χ2v) is 2.86. The van der Waals surface area contributed by atoms with Crippen LogP contribution in [0.3, 0.4) is 0 Å². The Morgan fingerprint density at radius 1 is 1.60 bits per heavy atom. The van der Waals surface area contributed by atoms with Crippen molar-refractivity contribution < 1.29 is 9.31 Å². The summed E-state index contributed by atoms with van der Waals surface area (Å²) in [6, 6.07) is 3.75. The molecule has 0 saturated heterocycles. The standard InChI is InChI=1S/C10H7FN2O2/c1-7-8(3-2-4-12)5-9(11)6-10(7)13(14)15/h2-3,5-6H,1H3. The minimum atomic E-state index is -0.690. The Hall–Kier alpha value is -2.22. The van der Waals surface area contributed by atoms with Crippen LogP contribution in [-0.4, -0.2) is 4.92 Å². The molecular weight excluding hydrogens is 199 g/mol. The molecule has 0 aliphatic heterocycles. The van der Waals surface area contributed by atoms with Crippen LogP contribution >= 0.6 is 0 Å². The first-order chi connectivity index (χ1) is 7.06. The van der Waals surface area contributed by atoms with Crippen LogP contribution in [0.4, 0.5) is 10.1 Å². The quantitative estimate of drug-likeness (QED) is 0.424. The molecule has 0 aliphatic carbocycles. The van der Waals surface area contributed by atoms with Gasteiger partial charge in [-0.15, -0.1) is 0 Å². The lowest BCUT2D eigenvalue weighted by atomic mass is 10.1. The van der Waals surface area contributed by atoms with Crippen molar-refractivity contribution in [1.29, 1.82) is 5.26 Å². The second-order valence-electron chi connectivity index (χ2n) is 2.86. The molecule has 0 atom stereocenters. The zero-order valence-electron chi connectivity index (χ0n) is 7.90. The molecule has 0 saturated carbocycles. The van der Waals surface area contributed by atoms with Crippen molar-refractivity contribution in [2.45, 2.75) is 6.92 Å². The second kappa shape index (κ2) is 4.33. The monoisotopic (exact) mass is 206 g/mol. The van der Waals surface area contributed by atoms with Crippen molar-refractivity contribution >= 4 is 11.8 Å². The molecule has 76 valence electrons. The van der Waals surface area contributed by atoms with Gasteiger partial charge in [0.25, 0.3) is 5.69 Å². The van der Waals surface area contributed by atoms with Crippen molar-refractivity contribution in [2.24, 2.45) is 0 Å². The lowest BCUT2D eigenvalue weighted by Gasteiger charge is -2.01. The molecule has 0 fully saturated rings. The normalized spacial score (nSPS) is 10.2. The van der Waals surface area contributed by atoms with Gasteiger partial charge in [0, 0.05) is 11.6 Å². The molecule has 15 heavy (non-hydrogen) atoms. The zero-order chi connectivity index (χ0) is 11.4. The molecule has 0 amide bonds. The minimum absolute atomic E-state index is 0.285. The Morgan fingerprint density at radius 3 is 2.80 bits per heavy atom. The van der Waals surface area contributed by atoms with Crippen molar-refractivity contribution in [3.05, 3.63) is 45.3 Å². The molecule has 4 nitrogen and oxygen atoms in total. The summed E-state index contributed by atoms with van der Waals surface area (Å²) >= 11 is 0. The third-order valence-corrected chi connectivity index (χ3v) is 1.92. The predicted octanol–water partition coefficient (Wildman–Crippen LogP) is 2.58. The third kappa shape index (κ3) is 2.38. The summed E-state index contributed by atoms with van der Waals surface area (Å²) in [6.45, 7) is 1.51. The molecule has 1 aromatic carbocycles. The number of hydrogen-bond acceptors (Lipinski definition) is 3. The highest BCUT2D eigenvalue weighted by Gasteiger charge is 2.14. The number of nitro benzene ring substituents is 1. The molecule has 0 aromatic heterocycles. The van der Waals surface area contributed by atoms with Crippen molar-refractivity contribution in [3.8, 4) is 6.07 Å². The van der Waals surface area contributed by atoms with E-state index in [1.807, 2.05) is 0 Å². The molecular formula is C10H7FN2O2. The van der Waals surface area contributed by atoms with Gasteiger partial charge in [0.1, 0.15) is 5.82 Å². The van der Waals surface area contributed by atoms with Crippen LogP contribution in [0.1, 0.15) is 11.1 Å². The van der Waals surface area contributed by atoms with Crippen LogP contribution in [0.2, 0.25) is 0 Å². The van der Waals surface area contributed by atoms with Gasteiger partial charge in [-0.05, 0) is 24.6 Å². The SMILES string of the molecule is Cc1c(C=CC#N)cc(F)cc1[N+](=O)[O-]. The highest BCUT2D eigenvalue weighted by molar-refractivity contribution is 5.61. The van der Waals surface area contributed by atoms with Crippen LogP contribution in [0.5, 0.6) is 0 Å². The van der Waals surface area contributed by atoms with E-state index in [4.69, 9.17) is 5.26 Å². The third-order valence-electron chi connectivity index (χ3n) is 1.92. The van der Waals surface area contributed by atoms with E-state index in [2.05, 4.69) is 0 Å². The van der Waals surface area contributed by atoms with E-state index in [-0.39, 0.29) is 5.69 Å². The number of nitro groups is 1. The number of hydrogen-bond donors (Lipinski definition) is 0. The number of nitrogens with zero attached hydrogens (tertiary/aromatic N) is 2. The largest absolute Gasteiger partial charge is 0.275 e. The Labute approximate surface area is 85.4 Å². The number of allylic oxidation sites excluding steroid dienone is 1. The Kier molecular flexibility index (Phi) is 3.13. The summed E-state index contributed by atoms with van der Waals surface area (Å²) in [4.78, 5) is 9.90. The minimum Gasteiger partial charge on any atom is -0.258 e.